The molecular formula is C14H35N2Y-. The van der Waals surface area contributed by atoms with Crippen LogP contribution in [-0.4, -0.2) is 38.1 Å². The second-order valence-electron chi connectivity index (χ2n) is 3.51. The molecule has 0 saturated heterocycles. The van der Waals surface area contributed by atoms with Gasteiger partial charge < -0.3 is 10.2 Å². The van der Waals surface area contributed by atoms with Crippen molar-refractivity contribution < 1.29 is 32.7 Å². The summed E-state index contributed by atoms with van der Waals surface area (Å²) in [7, 11) is 4.07. The number of likely N-dealkylation sites (N-methyl/N-ethyl adjacent to an activating group) is 2. The average molecular weight is 320 g/mol. The molecule has 0 heterocycles. The van der Waals surface area contributed by atoms with Crippen molar-refractivity contribution in [1.29, 1.82) is 0 Å². The van der Waals surface area contributed by atoms with Gasteiger partial charge in [-0.25, -0.2) is 0 Å². The van der Waals surface area contributed by atoms with Gasteiger partial charge in [0.1, 0.15) is 0 Å². The first kappa shape index (κ1) is 26.6. The number of hydrogen-bond acceptors (Lipinski definition) is 1. The SMILES string of the molecule is CC.CC.CCCCC(C)N(C)CC[N-]C.[Y]. The Bertz CT molecular complexity index is 88.2. The fourth-order valence-electron chi connectivity index (χ4n) is 1.20. The Labute approximate surface area is 136 Å². The smallest absolute Gasteiger partial charge is 0.00631 e. The van der Waals surface area contributed by atoms with E-state index in [1.54, 1.807) is 0 Å². The van der Waals surface area contributed by atoms with Crippen molar-refractivity contribution in [2.75, 3.05) is 27.2 Å². The van der Waals surface area contributed by atoms with Crippen molar-refractivity contribution in [1.82, 2.24) is 4.90 Å². The normalized spacial score (nSPS) is 10.4. The first-order chi connectivity index (χ1) is 7.72. The second kappa shape index (κ2) is 25.8. The molecule has 0 aromatic rings. The van der Waals surface area contributed by atoms with E-state index in [2.05, 4.69) is 31.1 Å². The maximum Gasteiger partial charge on any atom is 0.00631 e. The number of hydrogen-bond donors (Lipinski definition) is 0. The molecule has 0 aliphatic heterocycles. The fraction of sp³-hybridized carbons (Fsp3) is 1.00. The van der Waals surface area contributed by atoms with E-state index in [9.17, 15) is 0 Å². The van der Waals surface area contributed by atoms with Crippen LogP contribution in [0.4, 0.5) is 0 Å². The molecule has 0 amide bonds. The molecule has 17 heavy (non-hydrogen) atoms. The molecule has 0 fully saturated rings. The minimum absolute atomic E-state index is 0. The van der Waals surface area contributed by atoms with Crippen LogP contribution in [0.3, 0.4) is 0 Å². The largest absolute Gasteiger partial charge is 0.664 e. The van der Waals surface area contributed by atoms with Crippen LogP contribution in [0, 0.1) is 0 Å². The molecule has 2 nitrogen and oxygen atoms in total. The van der Waals surface area contributed by atoms with Gasteiger partial charge in [0.15, 0.2) is 0 Å². The third-order valence-corrected chi connectivity index (χ3v) is 2.40. The van der Waals surface area contributed by atoms with Crippen LogP contribution < -0.4 is 0 Å². The molecule has 1 unspecified atom stereocenters. The monoisotopic (exact) mass is 320 g/mol. The zero-order valence-corrected chi connectivity index (χ0v) is 16.4. The van der Waals surface area contributed by atoms with Crippen LogP contribution >= 0.6 is 0 Å². The summed E-state index contributed by atoms with van der Waals surface area (Å²) in [6, 6.07) is 0.715. The van der Waals surface area contributed by atoms with E-state index in [1.807, 2.05) is 34.7 Å². The molecule has 3 heteroatoms. The van der Waals surface area contributed by atoms with E-state index in [1.165, 1.54) is 19.3 Å². The van der Waals surface area contributed by atoms with Gasteiger partial charge in [0.05, 0.1) is 0 Å². The van der Waals surface area contributed by atoms with Crippen LogP contribution in [0.5, 0.6) is 0 Å². The molecule has 0 spiro atoms. The number of rotatable bonds is 7. The topological polar surface area (TPSA) is 17.3 Å². The summed E-state index contributed by atoms with van der Waals surface area (Å²) in [5.74, 6) is 0. The van der Waals surface area contributed by atoms with Gasteiger partial charge in [0, 0.05) is 38.8 Å². The summed E-state index contributed by atoms with van der Waals surface area (Å²) in [5, 5.41) is 4.10. The molecule has 0 bridgehead atoms. The van der Waals surface area contributed by atoms with Crippen molar-refractivity contribution >= 4 is 0 Å². The maximum absolute atomic E-state index is 4.10. The maximum atomic E-state index is 4.10. The van der Waals surface area contributed by atoms with Gasteiger partial charge >= 0.3 is 0 Å². The van der Waals surface area contributed by atoms with Gasteiger partial charge in [-0.2, -0.15) is 7.05 Å². The third kappa shape index (κ3) is 22.7. The minimum Gasteiger partial charge on any atom is -0.664 e. The Morgan fingerprint density at radius 3 is 1.94 bits per heavy atom. The summed E-state index contributed by atoms with van der Waals surface area (Å²) in [6.07, 6.45) is 3.96. The quantitative estimate of drug-likeness (QED) is 0.672. The van der Waals surface area contributed by atoms with Crippen LogP contribution in [0.15, 0.2) is 0 Å². The molecule has 1 radical (unpaired) electrons. The van der Waals surface area contributed by atoms with E-state index in [-0.39, 0.29) is 32.7 Å². The molecule has 105 valence electrons. The zero-order valence-electron chi connectivity index (χ0n) is 13.6. The molecule has 0 aromatic heterocycles. The number of unbranched alkanes of at least 4 members (excludes halogenated alkanes) is 1. The summed E-state index contributed by atoms with van der Waals surface area (Å²) < 4.78 is 0. The summed E-state index contributed by atoms with van der Waals surface area (Å²) in [6.45, 7) is 14.6. The van der Waals surface area contributed by atoms with Crippen molar-refractivity contribution in [3.8, 4) is 0 Å². The van der Waals surface area contributed by atoms with Crippen molar-refractivity contribution in [3.63, 3.8) is 0 Å². The Balaban J connectivity index is -0.000000152. The minimum atomic E-state index is 0. The van der Waals surface area contributed by atoms with Gasteiger partial charge in [-0.15, -0.1) is 6.54 Å². The Kier molecular flexibility index (Phi) is 40.3. The van der Waals surface area contributed by atoms with Gasteiger partial charge in [-0.3, -0.25) is 0 Å². The van der Waals surface area contributed by atoms with E-state index < -0.39 is 0 Å². The zero-order chi connectivity index (χ0) is 13.4. The van der Waals surface area contributed by atoms with Crippen molar-refractivity contribution in [3.05, 3.63) is 5.32 Å². The number of nitrogens with zero attached hydrogens (tertiary/aromatic N) is 2. The van der Waals surface area contributed by atoms with E-state index in [0.717, 1.165) is 13.1 Å². The molecular weight excluding hydrogens is 285 g/mol. The Morgan fingerprint density at radius 2 is 1.59 bits per heavy atom. The summed E-state index contributed by atoms with van der Waals surface area (Å²) >= 11 is 0. The molecule has 0 N–H and O–H groups in total. The first-order valence-electron chi connectivity index (χ1n) is 6.98. The van der Waals surface area contributed by atoms with Crippen LogP contribution in [0.25, 0.3) is 5.32 Å². The van der Waals surface area contributed by atoms with Crippen molar-refractivity contribution in [2.24, 2.45) is 0 Å². The summed E-state index contributed by atoms with van der Waals surface area (Å²) in [4.78, 5) is 2.39. The Hall–Kier alpha value is 1.02. The average Bonchev–Trinajstić information content (AvgIpc) is 2.37. The van der Waals surface area contributed by atoms with E-state index in [4.69, 9.17) is 0 Å². The van der Waals surface area contributed by atoms with Gasteiger partial charge in [0.2, 0.25) is 0 Å². The standard InChI is InChI=1S/C10H23N2.2C2H6.Y/c1-5-6-7-10(2)12(4)9-8-11-3;2*1-2;/h10H,5-9H2,1-4H3;2*1-2H3;/q-1;;;. The molecule has 0 aliphatic carbocycles. The van der Waals surface area contributed by atoms with Crippen LogP contribution in [0.1, 0.15) is 60.8 Å². The van der Waals surface area contributed by atoms with Gasteiger partial charge in [0.25, 0.3) is 0 Å². The van der Waals surface area contributed by atoms with Gasteiger partial charge in [-0.1, -0.05) is 47.5 Å². The van der Waals surface area contributed by atoms with Crippen LogP contribution in [0.2, 0.25) is 0 Å². The molecule has 1 atom stereocenters. The van der Waals surface area contributed by atoms with E-state index >= 15 is 0 Å². The molecule has 0 rings (SSSR count). The van der Waals surface area contributed by atoms with Crippen LogP contribution in [-0.2, 0) is 32.7 Å². The first-order valence-corrected chi connectivity index (χ1v) is 6.98. The second-order valence-corrected chi connectivity index (χ2v) is 3.51. The predicted molar refractivity (Wildman–Crippen MR) is 78.5 cm³/mol. The fourth-order valence-corrected chi connectivity index (χ4v) is 1.20. The third-order valence-electron chi connectivity index (χ3n) is 2.40. The van der Waals surface area contributed by atoms with Crippen molar-refractivity contribution in [2.45, 2.75) is 66.8 Å². The molecule has 0 saturated carbocycles. The summed E-state index contributed by atoms with van der Waals surface area (Å²) in [5.41, 5.74) is 0. The molecule has 0 aliphatic rings. The predicted octanol–water partition coefficient (Wildman–Crippen LogP) is 4.55. The van der Waals surface area contributed by atoms with E-state index in [0.29, 0.717) is 6.04 Å². The Morgan fingerprint density at radius 1 is 1.12 bits per heavy atom. The van der Waals surface area contributed by atoms with Gasteiger partial charge in [-0.05, 0) is 26.9 Å². The molecule has 0 aromatic carbocycles.